The number of hydrogen-bond donors (Lipinski definition) is 1. The molecule has 2 aromatic rings. The summed E-state index contributed by atoms with van der Waals surface area (Å²) in [6.07, 6.45) is 2.76. The summed E-state index contributed by atoms with van der Waals surface area (Å²) < 4.78 is 5.82. The van der Waals surface area contributed by atoms with Gasteiger partial charge in [-0.2, -0.15) is 0 Å². The second kappa shape index (κ2) is 6.05. The minimum absolute atomic E-state index is 0.493. The van der Waals surface area contributed by atoms with Crippen LogP contribution in [-0.4, -0.2) is 12.0 Å². The van der Waals surface area contributed by atoms with Gasteiger partial charge in [0.1, 0.15) is 12.4 Å². The van der Waals surface area contributed by atoms with E-state index >= 15 is 0 Å². The molecule has 1 heterocycles. The van der Waals surface area contributed by atoms with E-state index in [1.54, 1.807) is 6.20 Å². The third kappa shape index (κ3) is 3.00. The molecule has 3 heteroatoms. The van der Waals surface area contributed by atoms with Crippen LogP contribution in [0.4, 0.5) is 5.69 Å². The molecule has 1 aromatic heterocycles. The fraction of sp³-hybridized carbons (Fsp3) is 0.267. The Kier molecular flexibility index (Phi) is 4.18. The Morgan fingerprint density at radius 3 is 2.83 bits per heavy atom. The molecule has 0 aliphatic rings. The van der Waals surface area contributed by atoms with Crippen molar-refractivity contribution in [3.63, 3.8) is 0 Å². The largest absolute Gasteiger partial charge is 0.487 e. The van der Waals surface area contributed by atoms with Crippen molar-refractivity contribution in [2.75, 3.05) is 12.4 Å². The zero-order valence-corrected chi connectivity index (χ0v) is 10.8. The van der Waals surface area contributed by atoms with Crippen molar-refractivity contribution in [1.29, 1.82) is 0 Å². The van der Waals surface area contributed by atoms with Crippen molar-refractivity contribution in [1.82, 2.24) is 4.98 Å². The number of para-hydroxylation sites is 1. The fourth-order valence-electron chi connectivity index (χ4n) is 1.80. The molecule has 0 saturated carbocycles. The van der Waals surface area contributed by atoms with E-state index < -0.39 is 0 Å². The van der Waals surface area contributed by atoms with Crippen LogP contribution in [-0.2, 0) is 13.0 Å². The first-order valence-electron chi connectivity index (χ1n) is 6.17. The van der Waals surface area contributed by atoms with Gasteiger partial charge in [0.05, 0.1) is 5.69 Å². The molecule has 0 fully saturated rings. The lowest BCUT2D eigenvalue weighted by Gasteiger charge is -2.10. The molecule has 1 aromatic carbocycles. The Morgan fingerprint density at radius 1 is 1.22 bits per heavy atom. The summed E-state index contributed by atoms with van der Waals surface area (Å²) >= 11 is 0. The Labute approximate surface area is 108 Å². The molecule has 0 bridgehead atoms. The number of aromatic nitrogens is 1. The predicted molar refractivity (Wildman–Crippen MR) is 73.9 cm³/mol. The summed E-state index contributed by atoms with van der Waals surface area (Å²) in [6.45, 7) is 2.62. The first-order chi connectivity index (χ1) is 8.83. The van der Waals surface area contributed by atoms with E-state index in [1.165, 1.54) is 5.56 Å². The molecule has 0 amide bonds. The average Bonchev–Trinajstić information content (AvgIpc) is 2.45. The molecule has 0 unspecified atom stereocenters. The lowest BCUT2D eigenvalue weighted by atomic mass is 10.1. The van der Waals surface area contributed by atoms with Crippen LogP contribution >= 0.6 is 0 Å². The van der Waals surface area contributed by atoms with Crippen LogP contribution in [0.15, 0.2) is 42.6 Å². The zero-order chi connectivity index (χ0) is 12.8. The Morgan fingerprint density at radius 2 is 2.06 bits per heavy atom. The number of benzene rings is 1. The molecule has 1 N–H and O–H groups in total. The molecule has 0 saturated heterocycles. The summed E-state index contributed by atoms with van der Waals surface area (Å²) in [5.41, 5.74) is 3.20. The summed E-state index contributed by atoms with van der Waals surface area (Å²) in [5, 5.41) is 3.09. The normalized spacial score (nSPS) is 10.1. The van der Waals surface area contributed by atoms with Gasteiger partial charge in [0.2, 0.25) is 0 Å². The number of pyridine rings is 1. The van der Waals surface area contributed by atoms with Crippen molar-refractivity contribution < 1.29 is 4.74 Å². The second-order valence-corrected chi connectivity index (χ2v) is 4.04. The number of nitrogens with one attached hydrogen (secondary N) is 1. The van der Waals surface area contributed by atoms with Gasteiger partial charge in [0, 0.05) is 18.9 Å². The fourth-order valence-corrected chi connectivity index (χ4v) is 1.80. The standard InChI is InChI=1S/C15H18N2O/c1-3-12-6-4-5-7-15(12)18-11-14-10-13(16-2)8-9-17-14/h4-10H,3,11H2,1-2H3,(H,16,17). The van der Waals surface area contributed by atoms with Crippen LogP contribution in [0.3, 0.4) is 0 Å². The number of nitrogens with zero attached hydrogens (tertiary/aromatic N) is 1. The van der Waals surface area contributed by atoms with E-state index in [0.29, 0.717) is 6.61 Å². The molecular formula is C15H18N2O. The molecule has 3 nitrogen and oxygen atoms in total. The van der Waals surface area contributed by atoms with Crippen molar-refractivity contribution in [3.05, 3.63) is 53.9 Å². The second-order valence-electron chi connectivity index (χ2n) is 4.04. The number of aryl methyl sites for hydroxylation is 1. The third-order valence-corrected chi connectivity index (χ3v) is 2.83. The summed E-state index contributed by atoms with van der Waals surface area (Å²) in [7, 11) is 1.90. The number of ether oxygens (including phenoxy) is 1. The average molecular weight is 242 g/mol. The van der Waals surface area contributed by atoms with Gasteiger partial charge in [0.25, 0.3) is 0 Å². The van der Waals surface area contributed by atoms with Gasteiger partial charge in [0.15, 0.2) is 0 Å². The highest BCUT2D eigenvalue weighted by molar-refractivity contribution is 5.42. The maximum Gasteiger partial charge on any atom is 0.130 e. The molecule has 0 aliphatic heterocycles. The maximum atomic E-state index is 5.82. The molecule has 0 atom stereocenters. The van der Waals surface area contributed by atoms with Crippen molar-refractivity contribution in [2.24, 2.45) is 0 Å². The summed E-state index contributed by atoms with van der Waals surface area (Å²) in [6, 6.07) is 12.0. The van der Waals surface area contributed by atoms with Crippen LogP contribution in [0.25, 0.3) is 0 Å². The molecule has 0 aliphatic carbocycles. The number of hydrogen-bond acceptors (Lipinski definition) is 3. The van der Waals surface area contributed by atoms with E-state index in [-0.39, 0.29) is 0 Å². The van der Waals surface area contributed by atoms with Gasteiger partial charge in [-0.1, -0.05) is 25.1 Å². The summed E-state index contributed by atoms with van der Waals surface area (Å²) in [5.74, 6) is 0.941. The van der Waals surface area contributed by atoms with Crippen LogP contribution in [0.2, 0.25) is 0 Å². The van der Waals surface area contributed by atoms with Gasteiger partial charge in [-0.05, 0) is 30.2 Å². The van der Waals surface area contributed by atoms with Gasteiger partial charge in [-0.25, -0.2) is 0 Å². The van der Waals surface area contributed by atoms with E-state index in [9.17, 15) is 0 Å². The van der Waals surface area contributed by atoms with E-state index in [2.05, 4.69) is 23.3 Å². The van der Waals surface area contributed by atoms with Crippen LogP contribution < -0.4 is 10.1 Å². The highest BCUT2D eigenvalue weighted by Gasteiger charge is 2.02. The Hall–Kier alpha value is -2.03. The quantitative estimate of drug-likeness (QED) is 0.873. The van der Waals surface area contributed by atoms with Gasteiger partial charge < -0.3 is 10.1 Å². The van der Waals surface area contributed by atoms with Crippen LogP contribution in [0.1, 0.15) is 18.2 Å². The van der Waals surface area contributed by atoms with Crippen LogP contribution in [0, 0.1) is 0 Å². The third-order valence-electron chi connectivity index (χ3n) is 2.83. The minimum atomic E-state index is 0.493. The van der Waals surface area contributed by atoms with E-state index in [1.807, 2.05) is 37.4 Å². The maximum absolute atomic E-state index is 5.82. The lowest BCUT2D eigenvalue weighted by Crippen LogP contribution is -2.01. The first-order valence-corrected chi connectivity index (χ1v) is 6.17. The highest BCUT2D eigenvalue weighted by Crippen LogP contribution is 2.19. The molecule has 2 rings (SSSR count). The molecule has 18 heavy (non-hydrogen) atoms. The van der Waals surface area contributed by atoms with Gasteiger partial charge >= 0.3 is 0 Å². The van der Waals surface area contributed by atoms with Crippen molar-refractivity contribution >= 4 is 5.69 Å². The van der Waals surface area contributed by atoms with Gasteiger partial charge in [-0.15, -0.1) is 0 Å². The van der Waals surface area contributed by atoms with Gasteiger partial charge in [-0.3, -0.25) is 4.98 Å². The lowest BCUT2D eigenvalue weighted by molar-refractivity contribution is 0.298. The van der Waals surface area contributed by atoms with E-state index in [4.69, 9.17) is 4.74 Å². The zero-order valence-electron chi connectivity index (χ0n) is 10.8. The molecule has 0 spiro atoms. The van der Waals surface area contributed by atoms with Crippen molar-refractivity contribution in [2.45, 2.75) is 20.0 Å². The summed E-state index contributed by atoms with van der Waals surface area (Å²) in [4.78, 5) is 4.29. The molecule has 0 radical (unpaired) electrons. The SMILES string of the molecule is CCc1ccccc1OCc1cc(NC)ccn1. The predicted octanol–water partition coefficient (Wildman–Crippen LogP) is 3.26. The minimum Gasteiger partial charge on any atom is -0.487 e. The Bertz CT molecular complexity index is 511. The van der Waals surface area contributed by atoms with Crippen molar-refractivity contribution in [3.8, 4) is 5.75 Å². The molecule has 94 valence electrons. The monoisotopic (exact) mass is 242 g/mol. The topological polar surface area (TPSA) is 34.1 Å². The first kappa shape index (κ1) is 12.4. The van der Waals surface area contributed by atoms with E-state index in [0.717, 1.165) is 23.6 Å². The number of rotatable bonds is 5. The Balaban J connectivity index is 2.06. The number of anilines is 1. The highest BCUT2D eigenvalue weighted by atomic mass is 16.5. The smallest absolute Gasteiger partial charge is 0.130 e. The van der Waals surface area contributed by atoms with Crippen LogP contribution in [0.5, 0.6) is 5.75 Å². The molecular weight excluding hydrogens is 224 g/mol.